The summed E-state index contributed by atoms with van der Waals surface area (Å²) in [6, 6.07) is 7.90. The number of likely N-dealkylation sites (tertiary alicyclic amines) is 1. The largest absolute Gasteiger partial charge is 0.444 e. The van der Waals surface area contributed by atoms with Crippen LogP contribution >= 0.6 is 23.2 Å². The lowest BCUT2D eigenvalue weighted by Gasteiger charge is -2.37. The summed E-state index contributed by atoms with van der Waals surface area (Å²) in [4.78, 5) is 39.0. The zero-order valence-electron chi connectivity index (χ0n) is 35.4. The number of piperidine rings is 2. The maximum absolute atomic E-state index is 14.5. The number of ether oxygens (including phenoxy) is 1. The fourth-order valence-corrected chi connectivity index (χ4v) is 11.4. The highest BCUT2D eigenvalue weighted by Gasteiger charge is 2.47. The van der Waals surface area contributed by atoms with Crippen LogP contribution in [0.15, 0.2) is 58.3 Å². The minimum absolute atomic E-state index is 0.00648. The van der Waals surface area contributed by atoms with Crippen LogP contribution in [-0.4, -0.2) is 130 Å². The van der Waals surface area contributed by atoms with Gasteiger partial charge in [-0.15, -0.1) is 0 Å². The molecule has 14 nitrogen and oxygen atoms in total. The molecule has 0 bridgehead atoms. The fraction of sp³-hybridized carbons (Fsp3) is 0.634. The van der Waals surface area contributed by atoms with Crippen LogP contribution in [0.1, 0.15) is 72.1 Å². The van der Waals surface area contributed by atoms with Gasteiger partial charge in [-0.05, 0) is 120 Å². The Bertz CT molecular complexity index is 2120. The molecular weight excluding hydrogens is 916 g/mol. The molecule has 4 heterocycles. The van der Waals surface area contributed by atoms with Gasteiger partial charge in [-0.25, -0.2) is 39.2 Å². The Morgan fingerprint density at radius 1 is 0.698 bits per heavy atom. The van der Waals surface area contributed by atoms with Crippen LogP contribution in [0.5, 0.6) is 0 Å². The van der Waals surface area contributed by atoms with Gasteiger partial charge in [0.1, 0.15) is 17.7 Å². The van der Waals surface area contributed by atoms with Crippen LogP contribution in [-0.2, 0) is 34.4 Å². The van der Waals surface area contributed by atoms with Crippen LogP contribution in [0.25, 0.3) is 0 Å². The second-order valence-electron chi connectivity index (χ2n) is 17.4. The number of nitrogens with zero attached hydrogens (tertiary/aromatic N) is 3. The topological polar surface area (TPSA) is 175 Å². The van der Waals surface area contributed by atoms with E-state index in [0.717, 1.165) is 34.5 Å². The van der Waals surface area contributed by atoms with Crippen molar-refractivity contribution in [2.24, 2.45) is 11.8 Å². The zero-order valence-corrected chi connectivity index (χ0v) is 38.6. The monoisotopic (exact) mass is 970 g/mol. The van der Waals surface area contributed by atoms with Gasteiger partial charge in [0.15, 0.2) is 0 Å². The van der Waals surface area contributed by atoms with Gasteiger partial charge >= 0.3 is 6.09 Å². The van der Waals surface area contributed by atoms with E-state index in [-0.39, 0.29) is 47.8 Å². The Balaban J connectivity index is 0.000000243. The molecule has 2 atom stereocenters. The lowest BCUT2D eigenvalue weighted by atomic mass is 9.96. The van der Waals surface area contributed by atoms with E-state index in [1.165, 1.54) is 48.5 Å². The molecule has 0 aromatic heterocycles. The van der Waals surface area contributed by atoms with E-state index < -0.39 is 93.2 Å². The molecule has 4 fully saturated rings. The molecule has 3 N–H and O–H groups in total. The van der Waals surface area contributed by atoms with Gasteiger partial charge in [0.25, 0.3) is 11.8 Å². The Morgan fingerprint density at radius 3 is 1.46 bits per heavy atom. The first kappa shape index (κ1) is 50.7. The van der Waals surface area contributed by atoms with E-state index in [1.54, 1.807) is 25.7 Å². The van der Waals surface area contributed by atoms with Crippen molar-refractivity contribution < 1.29 is 53.5 Å². The van der Waals surface area contributed by atoms with E-state index in [4.69, 9.17) is 27.9 Å². The Labute approximate surface area is 376 Å². The molecule has 6 rings (SSSR count). The number of hydrogen-bond acceptors (Lipinski definition) is 9. The summed E-state index contributed by atoms with van der Waals surface area (Å²) in [7, 11) is -8.45. The van der Waals surface area contributed by atoms with Crippen molar-refractivity contribution >= 4 is 61.2 Å². The molecule has 63 heavy (non-hydrogen) atoms. The first-order valence-electron chi connectivity index (χ1n) is 20.9. The van der Waals surface area contributed by atoms with Gasteiger partial charge in [0, 0.05) is 75.0 Å². The second-order valence-corrected chi connectivity index (χ2v) is 22.0. The van der Waals surface area contributed by atoms with Gasteiger partial charge in [-0.1, -0.05) is 23.2 Å². The van der Waals surface area contributed by atoms with Gasteiger partial charge in [0.2, 0.25) is 31.9 Å². The van der Waals surface area contributed by atoms with Crippen LogP contribution < -0.4 is 16.0 Å². The lowest BCUT2D eigenvalue weighted by molar-refractivity contribution is -0.126. The number of rotatable bonds is 10. The molecule has 4 aliphatic rings. The highest BCUT2D eigenvalue weighted by atomic mass is 35.5. The first-order chi connectivity index (χ1) is 29.4. The molecule has 4 saturated heterocycles. The molecule has 0 spiro atoms. The predicted molar refractivity (Wildman–Crippen MR) is 229 cm³/mol. The Hall–Kier alpha value is -3.27. The summed E-state index contributed by atoms with van der Waals surface area (Å²) in [5.74, 6) is -7.98. The predicted octanol–water partition coefficient (Wildman–Crippen LogP) is 6.14. The SMILES string of the molecule is CC(C)(C)OC(=O)N1CCC(CN(C2CC(F)(F)CCNC2=O)S(=O)(=O)c2ccc(Cl)cc2)CC1.O=C1NCCC(F)(F)CC1N(CC1CCNCC1)S(=O)(=O)c1ccc(Cl)cc1. The number of halogens is 6. The number of nitrogens with one attached hydrogen (secondary N) is 3. The molecule has 2 unspecified atom stereocenters. The normalized spacial score (nSPS) is 22.9. The van der Waals surface area contributed by atoms with Crippen molar-refractivity contribution in [2.75, 3.05) is 52.4 Å². The lowest BCUT2D eigenvalue weighted by Crippen LogP contribution is -2.52. The summed E-state index contributed by atoms with van der Waals surface area (Å²) in [5.41, 5.74) is -0.643. The highest BCUT2D eigenvalue weighted by molar-refractivity contribution is 7.89. The minimum Gasteiger partial charge on any atom is -0.444 e. The molecular formula is C41H56Cl2F4N6O8S2. The van der Waals surface area contributed by atoms with E-state index >= 15 is 0 Å². The van der Waals surface area contributed by atoms with Crippen molar-refractivity contribution in [3.8, 4) is 0 Å². The summed E-state index contributed by atoms with van der Waals surface area (Å²) < 4.78 is 118. The second kappa shape index (κ2) is 20.9. The number of sulfonamides is 2. The molecule has 2 aromatic carbocycles. The Kier molecular flexibility index (Phi) is 16.8. The summed E-state index contributed by atoms with van der Waals surface area (Å²) in [5, 5.41) is 8.75. The van der Waals surface area contributed by atoms with Crippen molar-refractivity contribution in [2.45, 2.75) is 111 Å². The van der Waals surface area contributed by atoms with Crippen LogP contribution in [0.4, 0.5) is 22.4 Å². The van der Waals surface area contributed by atoms with Gasteiger partial charge in [0.05, 0.1) is 9.79 Å². The molecule has 2 aromatic rings. The number of carbonyl (C=O) groups is 3. The molecule has 352 valence electrons. The average Bonchev–Trinajstić information content (AvgIpc) is 3.43. The van der Waals surface area contributed by atoms with E-state index in [0.29, 0.717) is 36.0 Å². The van der Waals surface area contributed by atoms with Crippen molar-refractivity contribution in [1.29, 1.82) is 0 Å². The van der Waals surface area contributed by atoms with Gasteiger partial charge in [-0.3, -0.25) is 9.59 Å². The number of hydrogen-bond donors (Lipinski definition) is 3. The first-order valence-corrected chi connectivity index (χ1v) is 24.6. The summed E-state index contributed by atoms with van der Waals surface area (Å²) in [6.45, 7) is 6.93. The number of carbonyl (C=O) groups excluding carboxylic acids is 3. The summed E-state index contributed by atoms with van der Waals surface area (Å²) in [6.07, 6.45) is -0.916. The molecule has 3 amide bonds. The van der Waals surface area contributed by atoms with E-state index in [2.05, 4.69) is 16.0 Å². The molecule has 0 radical (unpaired) electrons. The number of amides is 3. The van der Waals surface area contributed by atoms with Crippen molar-refractivity contribution in [3.05, 3.63) is 58.6 Å². The zero-order chi connectivity index (χ0) is 46.4. The van der Waals surface area contributed by atoms with Gasteiger partial charge in [-0.2, -0.15) is 8.61 Å². The maximum Gasteiger partial charge on any atom is 0.410 e. The van der Waals surface area contributed by atoms with Crippen LogP contribution in [0.3, 0.4) is 0 Å². The highest BCUT2D eigenvalue weighted by Crippen LogP contribution is 2.35. The van der Waals surface area contributed by atoms with E-state index in [9.17, 15) is 48.8 Å². The minimum atomic E-state index is -4.29. The van der Waals surface area contributed by atoms with Gasteiger partial charge < -0.3 is 25.6 Å². The third-order valence-electron chi connectivity index (χ3n) is 11.3. The van der Waals surface area contributed by atoms with Crippen molar-refractivity contribution in [1.82, 2.24) is 29.5 Å². The van der Waals surface area contributed by atoms with Crippen molar-refractivity contribution in [3.63, 3.8) is 0 Å². The molecule has 0 saturated carbocycles. The Morgan fingerprint density at radius 2 is 1.08 bits per heavy atom. The maximum atomic E-state index is 14.5. The van der Waals surface area contributed by atoms with Crippen LogP contribution in [0.2, 0.25) is 10.0 Å². The molecule has 0 aliphatic carbocycles. The molecule has 4 aliphatic heterocycles. The average molecular weight is 972 g/mol. The number of alkyl halides is 4. The van der Waals surface area contributed by atoms with Crippen LogP contribution in [0, 0.1) is 11.8 Å². The third kappa shape index (κ3) is 14.1. The third-order valence-corrected chi connectivity index (χ3v) is 15.6. The quantitative estimate of drug-likeness (QED) is 0.237. The summed E-state index contributed by atoms with van der Waals surface area (Å²) >= 11 is 11.7. The molecule has 22 heteroatoms. The number of benzene rings is 2. The fourth-order valence-electron chi connectivity index (χ4n) is 7.86. The van der Waals surface area contributed by atoms with E-state index in [1.807, 2.05) is 0 Å². The smallest absolute Gasteiger partial charge is 0.410 e. The standard InChI is InChI=1S/C23H32ClF2N3O5S.C18H24ClF2N3O3S/c1-22(2,3)34-21(31)28-12-8-16(9-13-28)15-29(19-14-23(25,26)10-11-27-20(19)30)35(32,33)18-6-4-17(24)5-7-18;19-14-1-3-15(4-2-14)28(26,27)24(12-13-5-8-22-9-6-13)16-11-18(20,21)7-10-23-17(16)25/h4-7,16,19H,8-15H2,1-3H3,(H,27,30);1-4,13,16,22H,5-12H2,(H,23,25).